The van der Waals surface area contributed by atoms with Crippen molar-refractivity contribution in [3.8, 4) is 0 Å². The van der Waals surface area contributed by atoms with Crippen LogP contribution >= 0.6 is 0 Å². The van der Waals surface area contributed by atoms with Crippen molar-refractivity contribution in [2.45, 2.75) is 32.6 Å². The van der Waals surface area contributed by atoms with E-state index in [2.05, 4.69) is 17.5 Å². The number of nitro groups is 2. The van der Waals surface area contributed by atoms with E-state index in [1.165, 1.54) is 12.1 Å². The molecule has 0 heterocycles. The summed E-state index contributed by atoms with van der Waals surface area (Å²) in [5.41, 5.74) is 3.16. The summed E-state index contributed by atoms with van der Waals surface area (Å²) in [4.78, 5) is 20.4. The summed E-state index contributed by atoms with van der Waals surface area (Å²) in [5, 5.41) is 25.9. The van der Waals surface area contributed by atoms with E-state index < -0.39 is 9.85 Å². The van der Waals surface area contributed by atoms with Crippen LogP contribution in [0.3, 0.4) is 0 Å². The Hall–Kier alpha value is -2.51. The fourth-order valence-electron chi connectivity index (χ4n) is 2.35. The number of nitro benzene ring substituents is 2. The van der Waals surface area contributed by atoms with Gasteiger partial charge in [-0.05, 0) is 31.2 Å². The molecule has 8 heteroatoms. The van der Waals surface area contributed by atoms with Crippen LogP contribution in [-0.4, -0.2) is 15.6 Å². The number of hydrogen-bond donors (Lipinski definition) is 1. The van der Waals surface area contributed by atoms with E-state index in [0.29, 0.717) is 5.92 Å². The molecule has 1 atom stereocenters. The number of nitrogens with one attached hydrogen (secondary N) is 1. The zero-order valence-electron chi connectivity index (χ0n) is 11.6. The van der Waals surface area contributed by atoms with Crippen molar-refractivity contribution in [2.75, 3.05) is 5.43 Å². The molecule has 21 heavy (non-hydrogen) atoms. The maximum atomic E-state index is 11.0. The van der Waals surface area contributed by atoms with Crippen molar-refractivity contribution in [1.82, 2.24) is 0 Å². The molecule has 0 unspecified atom stereocenters. The maximum Gasteiger partial charge on any atom is 0.301 e. The summed E-state index contributed by atoms with van der Waals surface area (Å²) in [6, 6.07) is 3.47. The number of hydrogen-bond acceptors (Lipinski definition) is 6. The molecule has 0 aromatic heterocycles. The van der Waals surface area contributed by atoms with Gasteiger partial charge in [0.05, 0.1) is 15.9 Å². The predicted molar refractivity (Wildman–Crippen MR) is 78.4 cm³/mol. The highest BCUT2D eigenvalue weighted by Crippen LogP contribution is 2.29. The highest BCUT2D eigenvalue weighted by Gasteiger charge is 2.20. The lowest BCUT2D eigenvalue weighted by molar-refractivity contribution is -0.393. The molecule has 0 radical (unpaired) electrons. The minimum Gasteiger partial charge on any atom is -0.272 e. The van der Waals surface area contributed by atoms with Gasteiger partial charge in [-0.25, -0.2) is 0 Å². The van der Waals surface area contributed by atoms with Gasteiger partial charge in [0.2, 0.25) is 0 Å². The Morgan fingerprint density at radius 1 is 1.24 bits per heavy atom. The first kappa shape index (κ1) is 14.9. The predicted octanol–water partition coefficient (Wildman–Crippen LogP) is 3.48. The Morgan fingerprint density at radius 2 is 2.00 bits per heavy atom. The Labute approximate surface area is 121 Å². The highest BCUT2D eigenvalue weighted by atomic mass is 16.6. The second-order valence-corrected chi connectivity index (χ2v) is 5.08. The molecule has 1 fully saturated rings. The van der Waals surface area contributed by atoms with Gasteiger partial charge in [-0.1, -0.05) is 13.3 Å². The molecule has 1 aliphatic carbocycles. The van der Waals surface area contributed by atoms with Crippen LogP contribution < -0.4 is 5.43 Å². The number of hydrazone groups is 1. The monoisotopic (exact) mass is 292 g/mol. The number of non-ortho nitro benzene ring substituents is 1. The van der Waals surface area contributed by atoms with Crippen LogP contribution in [0.25, 0.3) is 0 Å². The van der Waals surface area contributed by atoms with Crippen LogP contribution in [-0.2, 0) is 0 Å². The lowest BCUT2D eigenvalue weighted by Crippen LogP contribution is -2.17. The Kier molecular flexibility index (Phi) is 4.46. The topological polar surface area (TPSA) is 111 Å². The lowest BCUT2D eigenvalue weighted by atomic mass is 9.89. The molecule has 0 saturated heterocycles. The van der Waals surface area contributed by atoms with Gasteiger partial charge in [0, 0.05) is 11.8 Å². The zero-order chi connectivity index (χ0) is 15.4. The number of nitrogens with zero attached hydrogens (tertiary/aromatic N) is 3. The molecule has 0 amide bonds. The normalized spacial score (nSPS) is 20.2. The molecule has 0 spiro atoms. The average Bonchev–Trinajstić information content (AvgIpc) is 2.46. The molecular weight excluding hydrogens is 276 g/mol. The minimum atomic E-state index is -0.661. The second-order valence-electron chi connectivity index (χ2n) is 5.08. The van der Waals surface area contributed by atoms with Gasteiger partial charge in [0.25, 0.3) is 5.69 Å². The van der Waals surface area contributed by atoms with Gasteiger partial charge in [-0.15, -0.1) is 0 Å². The fourth-order valence-corrected chi connectivity index (χ4v) is 2.35. The van der Waals surface area contributed by atoms with Crippen LogP contribution in [0.2, 0.25) is 0 Å². The Morgan fingerprint density at radius 3 is 2.62 bits per heavy atom. The standard InChI is InChI=1S/C13H16N4O4/c1-9-4-2-3-5-11(9)14-15-12-7-6-10(16(18)19)8-13(12)17(20)21/h6-9,15H,2-5H2,1H3/t9-/m0/s1. The third-order valence-corrected chi connectivity index (χ3v) is 3.60. The Balaban J connectivity index is 2.25. The van der Waals surface area contributed by atoms with E-state index in [1.807, 2.05) is 0 Å². The largest absolute Gasteiger partial charge is 0.301 e. The first-order valence-electron chi connectivity index (χ1n) is 6.74. The number of rotatable bonds is 4. The van der Waals surface area contributed by atoms with Gasteiger partial charge in [0.1, 0.15) is 5.69 Å². The molecule has 1 aromatic rings. The van der Waals surface area contributed by atoms with Crippen molar-refractivity contribution in [1.29, 1.82) is 0 Å². The smallest absolute Gasteiger partial charge is 0.272 e. The summed E-state index contributed by atoms with van der Waals surface area (Å²) in [6.45, 7) is 2.07. The van der Waals surface area contributed by atoms with Gasteiger partial charge in [-0.2, -0.15) is 5.10 Å². The lowest BCUT2D eigenvalue weighted by Gasteiger charge is -2.19. The van der Waals surface area contributed by atoms with Crippen molar-refractivity contribution >= 4 is 22.8 Å². The van der Waals surface area contributed by atoms with Gasteiger partial charge in [-0.3, -0.25) is 25.7 Å². The first-order valence-corrected chi connectivity index (χ1v) is 6.74. The summed E-state index contributed by atoms with van der Waals surface area (Å²) >= 11 is 0. The van der Waals surface area contributed by atoms with Crippen LogP contribution in [0.1, 0.15) is 32.6 Å². The van der Waals surface area contributed by atoms with E-state index in [-0.39, 0.29) is 17.1 Å². The summed E-state index contributed by atoms with van der Waals surface area (Å²) in [5.74, 6) is 0.350. The molecule has 1 aliphatic rings. The van der Waals surface area contributed by atoms with E-state index in [0.717, 1.165) is 37.5 Å². The number of benzene rings is 1. The van der Waals surface area contributed by atoms with Gasteiger partial charge >= 0.3 is 5.69 Å². The quantitative estimate of drug-likeness (QED) is 0.674. The molecule has 112 valence electrons. The van der Waals surface area contributed by atoms with E-state index in [4.69, 9.17) is 0 Å². The van der Waals surface area contributed by atoms with Gasteiger partial charge in [0.15, 0.2) is 0 Å². The van der Waals surface area contributed by atoms with Crippen molar-refractivity contribution in [3.63, 3.8) is 0 Å². The molecule has 1 saturated carbocycles. The average molecular weight is 292 g/mol. The number of anilines is 1. The summed E-state index contributed by atoms with van der Waals surface area (Å²) < 4.78 is 0. The first-order chi connectivity index (χ1) is 9.99. The molecule has 1 aromatic carbocycles. The summed E-state index contributed by atoms with van der Waals surface area (Å²) in [6.07, 6.45) is 4.16. The molecule has 8 nitrogen and oxygen atoms in total. The molecule has 0 aliphatic heterocycles. The van der Waals surface area contributed by atoms with Crippen LogP contribution in [0, 0.1) is 26.1 Å². The third-order valence-electron chi connectivity index (χ3n) is 3.60. The Bertz CT molecular complexity index is 600. The van der Waals surface area contributed by atoms with E-state index in [1.54, 1.807) is 0 Å². The highest BCUT2D eigenvalue weighted by molar-refractivity contribution is 5.88. The van der Waals surface area contributed by atoms with Crippen molar-refractivity contribution in [3.05, 3.63) is 38.4 Å². The van der Waals surface area contributed by atoms with Gasteiger partial charge < -0.3 is 0 Å². The zero-order valence-corrected chi connectivity index (χ0v) is 11.6. The summed E-state index contributed by atoms with van der Waals surface area (Å²) in [7, 11) is 0. The third kappa shape index (κ3) is 3.53. The second kappa shape index (κ2) is 6.29. The molecular formula is C13H16N4O4. The SMILES string of the molecule is C[C@H]1CCCCC1=NNc1ccc([N+](=O)[O-])cc1[N+](=O)[O-]. The fraction of sp³-hybridized carbons (Fsp3) is 0.462. The van der Waals surface area contributed by atoms with Crippen molar-refractivity contribution < 1.29 is 9.85 Å². The van der Waals surface area contributed by atoms with Crippen LogP contribution in [0.5, 0.6) is 0 Å². The van der Waals surface area contributed by atoms with Crippen molar-refractivity contribution in [2.24, 2.45) is 11.0 Å². The van der Waals surface area contributed by atoms with Crippen LogP contribution in [0.4, 0.5) is 17.1 Å². The molecule has 0 bridgehead atoms. The van der Waals surface area contributed by atoms with E-state index >= 15 is 0 Å². The molecule has 1 N–H and O–H groups in total. The molecule has 2 rings (SSSR count). The maximum absolute atomic E-state index is 11.0. The van der Waals surface area contributed by atoms with Crippen LogP contribution in [0.15, 0.2) is 23.3 Å². The van der Waals surface area contributed by atoms with E-state index in [9.17, 15) is 20.2 Å². The minimum absolute atomic E-state index is 0.163.